The van der Waals surface area contributed by atoms with Gasteiger partial charge in [0, 0.05) is 37.3 Å². The van der Waals surface area contributed by atoms with Crippen LogP contribution in [-0.4, -0.2) is 60.7 Å². The summed E-state index contributed by atoms with van der Waals surface area (Å²) >= 11 is 0. The van der Waals surface area contributed by atoms with Crippen molar-refractivity contribution < 1.29 is 9.66 Å². The van der Waals surface area contributed by atoms with Crippen molar-refractivity contribution in [3.05, 3.63) is 39.9 Å². The van der Waals surface area contributed by atoms with E-state index in [1.54, 1.807) is 12.1 Å². The fraction of sp³-hybridized carbons (Fsp3) is 0.632. The lowest BCUT2D eigenvalue weighted by Gasteiger charge is -2.27. The van der Waals surface area contributed by atoms with Crippen molar-refractivity contribution in [1.29, 1.82) is 0 Å². The van der Waals surface area contributed by atoms with E-state index in [1.165, 1.54) is 12.1 Å². The van der Waals surface area contributed by atoms with Crippen LogP contribution in [0.15, 0.2) is 29.3 Å². The molecule has 8 nitrogen and oxygen atoms in total. The largest absolute Gasteiger partial charge is 0.379 e. The monoisotopic (exact) mass is 505 g/mol. The van der Waals surface area contributed by atoms with Crippen LogP contribution >= 0.6 is 24.0 Å². The number of hydrogen-bond donors (Lipinski definition) is 2. The summed E-state index contributed by atoms with van der Waals surface area (Å²) in [4.78, 5) is 17.4. The molecule has 0 unspecified atom stereocenters. The topological polar surface area (TPSA) is 92.0 Å². The first-order chi connectivity index (χ1) is 12.8. The molecule has 1 saturated heterocycles. The minimum Gasteiger partial charge on any atom is -0.379 e. The van der Waals surface area contributed by atoms with Crippen LogP contribution in [-0.2, 0) is 11.3 Å². The number of morpholine rings is 1. The van der Waals surface area contributed by atoms with Gasteiger partial charge in [-0.2, -0.15) is 0 Å². The normalized spacial score (nSPS) is 15.6. The lowest BCUT2D eigenvalue weighted by molar-refractivity contribution is -0.384. The number of hydrogen-bond acceptors (Lipinski definition) is 5. The molecule has 1 aromatic carbocycles. The molecule has 0 spiro atoms. The minimum absolute atomic E-state index is 0. The minimum atomic E-state index is -0.393. The van der Waals surface area contributed by atoms with E-state index in [2.05, 4.69) is 41.3 Å². The van der Waals surface area contributed by atoms with E-state index in [1.807, 2.05) is 0 Å². The van der Waals surface area contributed by atoms with Gasteiger partial charge in [0.05, 0.1) is 24.7 Å². The van der Waals surface area contributed by atoms with Crippen molar-refractivity contribution in [3.63, 3.8) is 0 Å². The predicted molar refractivity (Wildman–Crippen MR) is 122 cm³/mol. The van der Waals surface area contributed by atoms with E-state index in [0.717, 1.165) is 57.3 Å². The first kappa shape index (κ1) is 24.6. The molecule has 0 saturated carbocycles. The van der Waals surface area contributed by atoms with Gasteiger partial charge >= 0.3 is 0 Å². The van der Waals surface area contributed by atoms with Crippen molar-refractivity contribution in [1.82, 2.24) is 15.5 Å². The second-order valence-corrected chi connectivity index (χ2v) is 7.70. The molecule has 2 rings (SSSR count). The number of nitrogens with one attached hydrogen (secondary N) is 2. The molecule has 1 fully saturated rings. The lowest BCUT2D eigenvalue weighted by Crippen LogP contribution is -2.48. The highest BCUT2D eigenvalue weighted by atomic mass is 127. The van der Waals surface area contributed by atoms with Gasteiger partial charge in [-0.3, -0.25) is 15.0 Å². The van der Waals surface area contributed by atoms with E-state index in [4.69, 9.17) is 4.74 Å². The summed E-state index contributed by atoms with van der Waals surface area (Å²) in [7, 11) is 0. The SMILES string of the molecule is CC(C)(C)NC(=NCc1ccc([N+](=O)[O-])cc1)NCCCN1CCOCC1.I. The standard InChI is InChI=1S/C19H31N5O3.HI/c1-19(2,3)22-18(20-9-4-10-23-11-13-27-14-12-23)21-15-16-5-7-17(8-6-16)24(25)26;/h5-8H,4,9-15H2,1-3H3,(H2,20,21,22);1H. The van der Waals surface area contributed by atoms with Gasteiger partial charge in [-0.1, -0.05) is 12.1 Å². The van der Waals surface area contributed by atoms with E-state index < -0.39 is 4.92 Å². The second kappa shape index (κ2) is 12.2. The third kappa shape index (κ3) is 9.65. The van der Waals surface area contributed by atoms with Crippen LogP contribution in [0.3, 0.4) is 0 Å². The summed E-state index contributed by atoms with van der Waals surface area (Å²) in [5.74, 6) is 0.753. The Morgan fingerprint density at radius 3 is 2.46 bits per heavy atom. The molecular formula is C19H32IN5O3. The van der Waals surface area contributed by atoms with Gasteiger partial charge in [-0.25, -0.2) is 4.99 Å². The summed E-state index contributed by atoms with van der Waals surface area (Å²) in [6.45, 7) is 12.2. The molecule has 2 N–H and O–H groups in total. The van der Waals surface area contributed by atoms with Gasteiger partial charge in [0.25, 0.3) is 5.69 Å². The van der Waals surface area contributed by atoms with Crippen molar-refractivity contribution in [2.75, 3.05) is 39.4 Å². The van der Waals surface area contributed by atoms with E-state index >= 15 is 0 Å². The number of non-ortho nitro benzene ring substituents is 1. The van der Waals surface area contributed by atoms with Crippen LogP contribution in [0.4, 0.5) is 5.69 Å². The molecule has 0 radical (unpaired) electrons. The Kier molecular flexibility index (Phi) is 10.7. The number of nitrogens with zero attached hydrogens (tertiary/aromatic N) is 3. The molecule has 9 heteroatoms. The highest BCUT2D eigenvalue weighted by molar-refractivity contribution is 14.0. The maximum absolute atomic E-state index is 10.7. The van der Waals surface area contributed by atoms with Crippen LogP contribution in [0.25, 0.3) is 0 Å². The van der Waals surface area contributed by atoms with E-state index in [9.17, 15) is 10.1 Å². The fourth-order valence-corrected chi connectivity index (χ4v) is 2.72. The Balaban J connectivity index is 0.00000392. The molecule has 0 bridgehead atoms. The van der Waals surface area contributed by atoms with Gasteiger partial charge in [0.2, 0.25) is 0 Å². The molecule has 0 amide bonds. The third-order valence-corrected chi connectivity index (χ3v) is 4.11. The van der Waals surface area contributed by atoms with Crippen molar-refractivity contribution in [3.8, 4) is 0 Å². The quantitative estimate of drug-likeness (QED) is 0.148. The van der Waals surface area contributed by atoms with Gasteiger partial charge in [0.1, 0.15) is 0 Å². The zero-order valence-electron chi connectivity index (χ0n) is 16.9. The maximum atomic E-state index is 10.7. The molecule has 0 aliphatic carbocycles. The first-order valence-electron chi connectivity index (χ1n) is 9.43. The number of rotatable bonds is 7. The van der Waals surface area contributed by atoms with Gasteiger partial charge in [-0.05, 0) is 39.3 Å². The predicted octanol–water partition coefficient (Wildman–Crippen LogP) is 2.77. The Morgan fingerprint density at radius 2 is 1.89 bits per heavy atom. The Morgan fingerprint density at radius 1 is 1.25 bits per heavy atom. The molecule has 158 valence electrons. The average Bonchev–Trinajstić information content (AvgIpc) is 2.63. The van der Waals surface area contributed by atoms with Gasteiger partial charge in [0.15, 0.2) is 5.96 Å². The molecule has 0 aromatic heterocycles. The molecule has 28 heavy (non-hydrogen) atoms. The van der Waals surface area contributed by atoms with Crippen LogP contribution in [0.2, 0.25) is 0 Å². The van der Waals surface area contributed by atoms with Crippen LogP contribution in [0.5, 0.6) is 0 Å². The molecular weight excluding hydrogens is 473 g/mol. The molecule has 1 aromatic rings. The summed E-state index contributed by atoms with van der Waals surface area (Å²) in [5.41, 5.74) is 0.923. The van der Waals surface area contributed by atoms with Gasteiger partial charge in [-0.15, -0.1) is 24.0 Å². The van der Waals surface area contributed by atoms with Gasteiger partial charge < -0.3 is 15.4 Å². The number of aliphatic imine (C=N–C) groups is 1. The van der Waals surface area contributed by atoms with E-state index in [0.29, 0.717) is 6.54 Å². The first-order valence-corrected chi connectivity index (χ1v) is 9.43. The van der Waals surface area contributed by atoms with Crippen LogP contribution in [0.1, 0.15) is 32.8 Å². The van der Waals surface area contributed by atoms with Crippen LogP contribution < -0.4 is 10.6 Å². The maximum Gasteiger partial charge on any atom is 0.269 e. The number of guanidine groups is 1. The third-order valence-electron chi connectivity index (χ3n) is 4.11. The smallest absolute Gasteiger partial charge is 0.269 e. The fourth-order valence-electron chi connectivity index (χ4n) is 2.72. The Bertz CT molecular complexity index is 625. The second-order valence-electron chi connectivity index (χ2n) is 7.70. The summed E-state index contributed by atoms with van der Waals surface area (Å²) < 4.78 is 5.37. The van der Waals surface area contributed by atoms with Crippen molar-refractivity contribution >= 4 is 35.6 Å². The Hall–Kier alpha value is -1.46. The zero-order valence-corrected chi connectivity index (χ0v) is 19.3. The highest BCUT2D eigenvalue weighted by Crippen LogP contribution is 2.12. The summed E-state index contributed by atoms with van der Waals surface area (Å²) in [6.07, 6.45) is 1.03. The highest BCUT2D eigenvalue weighted by Gasteiger charge is 2.13. The number of nitro benzene ring substituents is 1. The summed E-state index contributed by atoms with van der Waals surface area (Å²) in [6, 6.07) is 6.51. The Labute approximate surface area is 184 Å². The number of ether oxygens (including phenoxy) is 1. The molecule has 1 aliphatic heterocycles. The zero-order chi connectivity index (χ0) is 19.7. The van der Waals surface area contributed by atoms with Crippen molar-refractivity contribution in [2.24, 2.45) is 4.99 Å². The molecule has 1 aliphatic rings. The molecule has 1 heterocycles. The average molecular weight is 505 g/mol. The number of halogens is 1. The van der Waals surface area contributed by atoms with Crippen LogP contribution in [0, 0.1) is 10.1 Å². The van der Waals surface area contributed by atoms with Crippen molar-refractivity contribution in [2.45, 2.75) is 39.3 Å². The lowest BCUT2D eigenvalue weighted by atomic mass is 10.1. The summed E-state index contributed by atoms with van der Waals surface area (Å²) in [5, 5.41) is 17.5. The number of nitro groups is 1. The molecule has 0 atom stereocenters. The number of benzene rings is 1. The van der Waals surface area contributed by atoms with E-state index in [-0.39, 0.29) is 35.2 Å².